The normalized spacial score (nSPS) is 10.1. The Labute approximate surface area is 100 Å². The topological polar surface area (TPSA) is 52.3 Å². The largest absolute Gasteiger partial charge is 0.462 e. The Morgan fingerprint density at radius 2 is 2.19 bits per heavy atom. The minimum atomic E-state index is -0.298. The molecule has 1 rings (SSSR count). The van der Waals surface area contributed by atoms with Gasteiger partial charge in [0, 0.05) is 10.6 Å². The Balaban J connectivity index is 2.97. The van der Waals surface area contributed by atoms with Crippen LogP contribution in [0.1, 0.15) is 30.6 Å². The van der Waals surface area contributed by atoms with Crippen LogP contribution in [-0.4, -0.2) is 18.3 Å². The zero-order valence-corrected chi connectivity index (χ0v) is 10.5. The Bertz CT molecular complexity index is 366. The lowest BCUT2D eigenvalue weighted by molar-refractivity contribution is 0.0522. The van der Waals surface area contributed by atoms with Crippen molar-refractivity contribution in [1.29, 1.82) is 0 Å². The van der Waals surface area contributed by atoms with E-state index in [9.17, 15) is 4.79 Å². The van der Waals surface area contributed by atoms with E-state index in [-0.39, 0.29) is 5.97 Å². The van der Waals surface area contributed by atoms with Gasteiger partial charge < -0.3 is 10.5 Å². The standard InChI is InChI=1S/C12H17NO2S/c1-3-8-16-11-9(12(14)15-4-2)6-5-7-10(11)13/h5-7H,3-4,8,13H2,1-2H3. The summed E-state index contributed by atoms with van der Waals surface area (Å²) in [4.78, 5) is 12.5. The van der Waals surface area contributed by atoms with Crippen molar-refractivity contribution in [3.63, 3.8) is 0 Å². The summed E-state index contributed by atoms with van der Waals surface area (Å²) >= 11 is 1.60. The highest BCUT2D eigenvalue weighted by atomic mass is 32.2. The quantitative estimate of drug-likeness (QED) is 0.487. The van der Waals surface area contributed by atoms with Gasteiger partial charge in [-0.05, 0) is 31.2 Å². The van der Waals surface area contributed by atoms with E-state index >= 15 is 0 Å². The average Bonchev–Trinajstić information content (AvgIpc) is 2.27. The Kier molecular flexibility index (Phi) is 5.19. The Morgan fingerprint density at radius 1 is 1.44 bits per heavy atom. The van der Waals surface area contributed by atoms with Crippen LogP contribution in [0.5, 0.6) is 0 Å². The summed E-state index contributed by atoms with van der Waals surface area (Å²) in [7, 11) is 0. The molecule has 0 bridgehead atoms. The number of carbonyl (C=O) groups excluding carboxylic acids is 1. The van der Waals surface area contributed by atoms with Gasteiger partial charge in [-0.15, -0.1) is 11.8 Å². The van der Waals surface area contributed by atoms with Crippen molar-refractivity contribution in [3.05, 3.63) is 23.8 Å². The van der Waals surface area contributed by atoms with Crippen LogP contribution in [0.25, 0.3) is 0 Å². The molecule has 16 heavy (non-hydrogen) atoms. The molecular formula is C12H17NO2S. The number of hydrogen-bond acceptors (Lipinski definition) is 4. The minimum absolute atomic E-state index is 0.298. The van der Waals surface area contributed by atoms with Gasteiger partial charge in [-0.3, -0.25) is 0 Å². The molecule has 88 valence electrons. The van der Waals surface area contributed by atoms with E-state index in [4.69, 9.17) is 10.5 Å². The van der Waals surface area contributed by atoms with Gasteiger partial charge in [0.1, 0.15) is 0 Å². The summed E-state index contributed by atoms with van der Waals surface area (Å²) in [6.07, 6.45) is 1.04. The number of ether oxygens (including phenoxy) is 1. The maximum Gasteiger partial charge on any atom is 0.339 e. The molecule has 0 aliphatic rings. The second-order valence-corrected chi connectivity index (χ2v) is 4.40. The molecule has 0 radical (unpaired) electrons. The molecular weight excluding hydrogens is 222 g/mol. The highest BCUT2D eigenvalue weighted by Crippen LogP contribution is 2.29. The first-order valence-electron chi connectivity index (χ1n) is 5.39. The van der Waals surface area contributed by atoms with Crippen molar-refractivity contribution in [1.82, 2.24) is 0 Å². The lowest BCUT2D eigenvalue weighted by Gasteiger charge is -2.10. The molecule has 0 amide bonds. The number of hydrogen-bond donors (Lipinski definition) is 1. The third kappa shape index (κ3) is 3.17. The van der Waals surface area contributed by atoms with Crippen molar-refractivity contribution < 1.29 is 9.53 Å². The fourth-order valence-electron chi connectivity index (χ4n) is 1.29. The van der Waals surface area contributed by atoms with Crippen LogP contribution in [0, 0.1) is 0 Å². The summed E-state index contributed by atoms with van der Waals surface area (Å²) < 4.78 is 5.00. The van der Waals surface area contributed by atoms with Crippen LogP contribution < -0.4 is 5.73 Å². The van der Waals surface area contributed by atoms with Crippen molar-refractivity contribution in [2.45, 2.75) is 25.2 Å². The molecule has 0 spiro atoms. The number of esters is 1. The number of nitrogens with two attached hydrogens (primary N) is 1. The van der Waals surface area contributed by atoms with Gasteiger partial charge >= 0.3 is 5.97 Å². The SMILES string of the molecule is CCCSc1c(N)cccc1C(=O)OCC. The van der Waals surface area contributed by atoms with E-state index in [0.29, 0.717) is 17.9 Å². The van der Waals surface area contributed by atoms with E-state index in [0.717, 1.165) is 17.1 Å². The fourth-order valence-corrected chi connectivity index (χ4v) is 2.24. The van der Waals surface area contributed by atoms with Crippen LogP contribution in [0.15, 0.2) is 23.1 Å². The smallest absolute Gasteiger partial charge is 0.339 e. The summed E-state index contributed by atoms with van der Waals surface area (Å²) in [5.41, 5.74) is 7.08. The van der Waals surface area contributed by atoms with E-state index in [1.54, 1.807) is 36.9 Å². The number of anilines is 1. The first-order valence-corrected chi connectivity index (χ1v) is 6.37. The third-order valence-corrected chi connectivity index (χ3v) is 3.35. The van der Waals surface area contributed by atoms with Gasteiger partial charge in [0.15, 0.2) is 0 Å². The van der Waals surface area contributed by atoms with Crippen molar-refractivity contribution in [3.8, 4) is 0 Å². The molecule has 0 aromatic heterocycles. The molecule has 0 fully saturated rings. The van der Waals surface area contributed by atoms with Crippen LogP contribution >= 0.6 is 11.8 Å². The summed E-state index contributed by atoms with van der Waals surface area (Å²) in [6.45, 7) is 4.27. The van der Waals surface area contributed by atoms with Crippen molar-refractivity contribution in [2.75, 3.05) is 18.1 Å². The molecule has 4 heteroatoms. The fraction of sp³-hybridized carbons (Fsp3) is 0.417. The number of thioether (sulfide) groups is 1. The van der Waals surface area contributed by atoms with Gasteiger partial charge in [-0.2, -0.15) is 0 Å². The first kappa shape index (κ1) is 12.9. The van der Waals surface area contributed by atoms with Crippen molar-refractivity contribution >= 4 is 23.4 Å². The number of carbonyl (C=O) groups is 1. The van der Waals surface area contributed by atoms with E-state index in [2.05, 4.69) is 6.92 Å². The second kappa shape index (κ2) is 6.43. The molecule has 0 atom stereocenters. The lowest BCUT2D eigenvalue weighted by Crippen LogP contribution is -2.07. The predicted octanol–water partition coefficient (Wildman–Crippen LogP) is 2.95. The van der Waals surface area contributed by atoms with Crippen LogP contribution in [-0.2, 0) is 4.74 Å². The molecule has 0 saturated heterocycles. The number of benzene rings is 1. The zero-order chi connectivity index (χ0) is 12.0. The third-order valence-electron chi connectivity index (χ3n) is 1.99. The van der Waals surface area contributed by atoms with E-state index in [1.165, 1.54) is 0 Å². The average molecular weight is 239 g/mol. The zero-order valence-electron chi connectivity index (χ0n) is 9.66. The maximum atomic E-state index is 11.7. The van der Waals surface area contributed by atoms with Crippen LogP contribution in [0.4, 0.5) is 5.69 Å². The van der Waals surface area contributed by atoms with Gasteiger partial charge in [-0.1, -0.05) is 13.0 Å². The molecule has 0 heterocycles. The van der Waals surface area contributed by atoms with Gasteiger partial charge in [0.2, 0.25) is 0 Å². The summed E-state index contributed by atoms with van der Waals surface area (Å²) in [5.74, 6) is 0.647. The number of nitrogen functional groups attached to an aromatic ring is 1. The molecule has 0 aliphatic carbocycles. The monoisotopic (exact) mass is 239 g/mol. The van der Waals surface area contributed by atoms with Crippen LogP contribution in [0.3, 0.4) is 0 Å². The highest BCUT2D eigenvalue weighted by Gasteiger charge is 2.14. The molecule has 2 N–H and O–H groups in total. The highest BCUT2D eigenvalue weighted by molar-refractivity contribution is 7.99. The molecule has 0 unspecified atom stereocenters. The molecule has 3 nitrogen and oxygen atoms in total. The van der Waals surface area contributed by atoms with E-state index < -0.39 is 0 Å². The minimum Gasteiger partial charge on any atom is -0.462 e. The predicted molar refractivity (Wildman–Crippen MR) is 67.8 cm³/mol. The maximum absolute atomic E-state index is 11.7. The summed E-state index contributed by atoms with van der Waals surface area (Å²) in [5, 5.41) is 0. The van der Waals surface area contributed by atoms with Gasteiger partial charge in [-0.25, -0.2) is 4.79 Å². The van der Waals surface area contributed by atoms with Gasteiger partial charge in [0.25, 0.3) is 0 Å². The second-order valence-electron chi connectivity index (χ2n) is 3.29. The van der Waals surface area contributed by atoms with Crippen molar-refractivity contribution in [2.24, 2.45) is 0 Å². The molecule has 0 saturated carbocycles. The van der Waals surface area contributed by atoms with Crippen LogP contribution in [0.2, 0.25) is 0 Å². The Morgan fingerprint density at radius 3 is 2.81 bits per heavy atom. The summed E-state index contributed by atoms with van der Waals surface area (Å²) in [6, 6.07) is 5.34. The molecule has 1 aromatic carbocycles. The lowest BCUT2D eigenvalue weighted by atomic mass is 10.2. The first-order chi connectivity index (χ1) is 7.70. The van der Waals surface area contributed by atoms with Gasteiger partial charge in [0.05, 0.1) is 12.2 Å². The number of rotatable bonds is 5. The Hall–Kier alpha value is -1.16. The van der Waals surface area contributed by atoms with E-state index in [1.807, 2.05) is 0 Å². The molecule has 0 aliphatic heterocycles. The molecule has 1 aromatic rings.